The first-order valence-electron chi connectivity index (χ1n) is 6.74. The van der Waals surface area contributed by atoms with E-state index in [1.54, 1.807) is 19.2 Å². The number of halogens is 1. The first kappa shape index (κ1) is 16.2. The van der Waals surface area contributed by atoms with E-state index in [9.17, 15) is 8.42 Å². The van der Waals surface area contributed by atoms with Gasteiger partial charge in [-0.25, -0.2) is 8.42 Å². The Morgan fingerprint density at radius 3 is 2.50 bits per heavy atom. The van der Waals surface area contributed by atoms with E-state index in [-0.39, 0.29) is 6.04 Å². The van der Waals surface area contributed by atoms with Gasteiger partial charge < -0.3 is 4.90 Å². The second-order valence-corrected chi connectivity index (χ2v) is 9.40. The number of sulfonamides is 1. The Kier molecular flexibility index (Phi) is 5.13. The van der Waals surface area contributed by atoms with Crippen LogP contribution < -0.4 is 0 Å². The monoisotopic (exact) mass is 336 g/mol. The van der Waals surface area contributed by atoms with Gasteiger partial charge in [-0.05, 0) is 58.0 Å². The van der Waals surface area contributed by atoms with Crippen LogP contribution in [0.2, 0.25) is 4.34 Å². The van der Waals surface area contributed by atoms with E-state index in [0.717, 1.165) is 37.3 Å². The molecular formula is C13H21ClN2O2S2. The lowest BCUT2D eigenvalue weighted by Gasteiger charge is -2.36. The van der Waals surface area contributed by atoms with Crippen molar-refractivity contribution in [2.45, 2.75) is 30.0 Å². The summed E-state index contributed by atoms with van der Waals surface area (Å²) in [6.07, 6.45) is 2.09. The van der Waals surface area contributed by atoms with Crippen molar-refractivity contribution in [1.82, 2.24) is 9.21 Å². The predicted octanol–water partition coefficient (Wildman–Crippen LogP) is 2.75. The van der Waals surface area contributed by atoms with Crippen LogP contribution in [-0.4, -0.2) is 50.8 Å². The number of rotatable bonds is 4. The summed E-state index contributed by atoms with van der Waals surface area (Å²) in [6, 6.07) is 3.22. The largest absolute Gasteiger partial charge is 0.306 e. The molecule has 0 radical (unpaired) electrons. The quantitative estimate of drug-likeness (QED) is 0.849. The van der Waals surface area contributed by atoms with Crippen LogP contribution in [0.5, 0.6) is 0 Å². The Morgan fingerprint density at radius 1 is 1.40 bits per heavy atom. The SMILES string of the molecule is C[C@H](C1CCN(C)CC1)N(C)S(=O)(=O)c1ccc(Cl)s1. The van der Waals surface area contributed by atoms with E-state index >= 15 is 0 Å². The van der Waals surface area contributed by atoms with E-state index in [4.69, 9.17) is 11.6 Å². The van der Waals surface area contributed by atoms with Crippen molar-refractivity contribution >= 4 is 33.0 Å². The average molecular weight is 337 g/mol. The van der Waals surface area contributed by atoms with Crippen molar-refractivity contribution in [3.63, 3.8) is 0 Å². The third-order valence-electron chi connectivity index (χ3n) is 4.20. The molecule has 7 heteroatoms. The lowest BCUT2D eigenvalue weighted by Crippen LogP contribution is -2.43. The molecule has 114 valence electrons. The molecule has 1 aliphatic heterocycles. The van der Waals surface area contributed by atoms with E-state index in [1.165, 1.54) is 4.31 Å². The van der Waals surface area contributed by atoms with Crippen LogP contribution in [0.15, 0.2) is 16.3 Å². The average Bonchev–Trinajstić information content (AvgIpc) is 2.85. The molecule has 0 aromatic carbocycles. The Bertz CT molecular complexity index is 550. The van der Waals surface area contributed by atoms with Crippen LogP contribution in [0.3, 0.4) is 0 Å². The highest BCUT2D eigenvalue weighted by molar-refractivity contribution is 7.91. The van der Waals surface area contributed by atoms with E-state index in [1.807, 2.05) is 6.92 Å². The molecule has 0 bridgehead atoms. The minimum absolute atomic E-state index is 0.00887. The van der Waals surface area contributed by atoms with E-state index < -0.39 is 10.0 Å². The molecule has 0 N–H and O–H groups in total. The molecule has 1 atom stereocenters. The van der Waals surface area contributed by atoms with Crippen LogP contribution in [-0.2, 0) is 10.0 Å². The summed E-state index contributed by atoms with van der Waals surface area (Å²) >= 11 is 6.96. The molecule has 1 fully saturated rings. The minimum atomic E-state index is -3.43. The Labute approximate surface area is 130 Å². The minimum Gasteiger partial charge on any atom is -0.306 e. The second-order valence-electron chi connectivity index (χ2n) is 5.46. The summed E-state index contributed by atoms with van der Waals surface area (Å²) < 4.78 is 27.5. The first-order valence-corrected chi connectivity index (χ1v) is 9.37. The maximum atomic E-state index is 12.6. The molecule has 0 unspecified atom stereocenters. The number of hydrogen-bond acceptors (Lipinski definition) is 4. The van der Waals surface area contributed by atoms with Crippen molar-refractivity contribution in [1.29, 1.82) is 0 Å². The molecule has 2 rings (SSSR count). The van der Waals surface area contributed by atoms with E-state index in [0.29, 0.717) is 14.5 Å². The highest BCUT2D eigenvalue weighted by Crippen LogP contribution is 2.31. The number of hydrogen-bond donors (Lipinski definition) is 0. The lowest BCUT2D eigenvalue weighted by atomic mass is 9.91. The third kappa shape index (κ3) is 3.36. The summed E-state index contributed by atoms with van der Waals surface area (Å²) in [5, 5.41) is 0. The summed E-state index contributed by atoms with van der Waals surface area (Å²) in [5.41, 5.74) is 0. The topological polar surface area (TPSA) is 40.6 Å². The predicted molar refractivity (Wildman–Crippen MR) is 84.0 cm³/mol. The molecule has 1 aromatic heterocycles. The van der Waals surface area contributed by atoms with Gasteiger partial charge in [-0.2, -0.15) is 4.31 Å². The van der Waals surface area contributed by atoms with Gasteiger partial charge in [-0.1, -0.05) is 11.6 Å². The Hall–Kier alpha value is -0.140. The lowest BCUT2D eigenvalue weighted by molar-refractivity contribution is 0.165. The molecule has 0 amide bonds. The van der Waals surface area contributed by atoms with Gasteiger partial charge in [0.25, 0.3) is 10.0 Å². The van der Waals surface area contributed by atoms with Crippen LogP contribution in [0, 0.1) is 5.92 Å². The molecule has 2 heterocycles. The highest BCUT2D eigenvalue weighted by Gasteiger charge is 2.32. The van der Waals surface area contributed by atoms with Crippen LogP contribution >= 0.6 is 22.9 Å². The van der Waals surface area contributed by atoms with Gasteiger partial charge in [0.05, 0.1) is 4.34 Å². The fraction of sp³-hybridized carbons (Fsp3) is 0.692. The Balaban J connectivity index is 2.11. The molecule has 0 saturated carbocycles. The molecular weight excluding hydrogens is 316 g/mol. The normalized spacial score (nSPS) is 20.4. The third-order valence-corrected chi connectivity index (χ3v) is 7.84. The van der Waals surface area contributed by atoms with Gasteiger partial charge in [0.2, 0.25) is 0 Å². The summed E-state index contributed by atoms with van der Waals surface area (Å²) in [5.74, 6) is 0.418. The zero-order valence-corrected chi connectivity index (χ0v) is 14.4. The van der Waals surface area contributed by atoms with Crippen LogP contribution in [0.25, 0.3) is 0 Å². The Morgan fingerprint density at radius 2 is 2.00 bits per heavy atom. The van der Waals surface area contributed by atoms with Gasteiger partial charge in [-0.15, -0.1) is 11.3 Å². The van der Waals surface area contributed by atoms with Crippen molar-refractivity contribution < 1.29 is 8.42 Å². The summed E-state index contributed by atoms with van der Waals surface area (Å²) in [6.45, 7) is 4.07. The van der Waals surface area contributed by atoms with Crippen molar-refractivity contribution in [3.8, 4) is 0 Å². The zero-order valence-electron chi connectivity index (χ0n) is 12.0. The van der Waals surface area contributed by atoms with Crippen LogP contribution in [0.4, 0.5) is 0 Å². The molecule has 1 aromatic rings. The number of likely N-dealkylation sites (tertiary alicyclic amines) is 1. The van der Waals surface area contributed by atoms with Gasteiger partial charge >= 0.3 is 0 Å². The van der Waals surface area contributed by atoms with Gasteiger partial charge in [0.1, 0.15) is 4.21 Å². The van der Waals surface area contributed by atoms with Crippen molar-refractivity contribution in [2.75, 3.05) is 27.2 Å². The first-order chi connectivity index (χ1) is 9.32. The number of piperidine rings is 1. The van der Waals surface area contributed by atoms with Gasteiger partial charge in [0, 0.05) is 13.1 Å². The molecule has 1 aliphatic rings. The molecule has 20 heavy (non-hydrogen) atoms. The fourth-order valence-electron chi connectivity index (χ4n) is 2.60. The summed E-state index contributed by atoms with van der Waals surface area (Å²) in [4.78, 5) is 2.29. The van der Waals surface area contributed by atoms with Crippen LogP contribution in [0.1, 0.15) is 19.8 Å². The summed E-state index contributed by atoms with van der Waals surface area (Å²) in [7, 11) is 0.352. The molecule has 4 nitrogen and oxygen atoms in total. The maximum Gasteiger partial charge on any atom is 0.252 e. The van der Waals surface area contributed by atoms with Crippen molar-refractivity contribution in [3.05, 3.63) is 16.5 Å². The molecule has 0 aliphatic carbocycles. The van der Waals surface area contributed by atoms with Crippen molar-refractivity contribution in [2.24, 2.45) is 5.92 Å². The molecule has 0 spiro atoms. The standard InChI is InChI=1S/C13H21ClN2O2S2/c1-10(11-6-8-15(2)9-7-11)16(3)20(17,18)13-5-4-12(14)19-13/h4-5,10-11H,6-9H2,1-3H3/t10-/m1/s1. The fourth-order valence-corrected chi connectivity index (χ4v) is 5.70. The van der Waals surface area contributed by atoms with Gasteiger partial charge in [0.15, 0.2) is 0 Å². The number of thiophene rings is 1. The maximum absolute atomic E-state index is 12.6. The smallest absolute Gasteiger partial charge is 0.252 e. The highest BCUT2D eigenvalue weighted by atomic mass is 35.5. The van der Waals surface area contributed by atoms with Gasteiger partial charge in [-0.3, -0.25) is 0 Å². The van der Waals surface area contributed by atoms with E-state index in [2.05, 4.69) is 11.9 Å². The second kappa shape index (κ2) is 6.32. The zero-order chi connectivity index (χ0) is 14.9. The number of nitrogens with zero attached hydrogens (tertiary/aromatic N) is 2. The molecule has 1 saturated heterocycles.